The quantitative estimate of drug-likeness (QED) is 0.790. The maximum Gasteiger partial charge on any atom is 0.0226 e. The first kappa shape index (κ1) is 13.9. The van der Waals surface area contributed by atoms with Gasteiger partial charge < -0.3 is 15.5 Å². The van der Waals surface area contributed by atoms with Crippen LogP contribution in [0.3, 0.4) is 0 Å². The van der Waals surface area contributed by atoms with Gasteiger partial charge in [-0.15, -0.1) is 0 Å². The topological polar surface area (TPSA) is 32.5 Å². The van der Waals surface area contributed by atoms with Crippen molar-refractivity contribution in [2.75, 3.05) is 26.7 Å². The van der Waals surface area contributed by atoms with Gasteiger partial charge in [0.2, 0.25) is 0 Å². The lowest BCUT2D eigenvalue weighted by Gasteiger charge is -2.42. The van der Waals surface area contributed by atoms with E-state index in [0.29, 0.717) is 12.1 Å². The first-order valence-corrected chi connectivity index (χ1v) is 6.56. The standard InChI is InChI=1S/C13H29N3/c1-6-16-8-7-12(9-11(16)2)15(5)10-13(3,4)14/h11-12H,6-10,14H2,1-5H3. The van der Waals surface area contributed by atoms with E-state index >= 15 is 0 Å². The van der Waals surface area contributed by atoms with Crippen LogP contribution in [0.25, 0.3) is 0 Å². The molecule has 96 valence electrons. The van der Waals surface area contributed by atoms with Crippen molar-refractivity contribution in [2.24, 2.45) is 5.73 Å². The molecule has 1 rings (SSSR count). The fraction of sp³-hybridized carbons (Fsp3) is 1.00. The molecule has 2 unspecified atom stereocenters. The van der Waals surface area contributed by atoms with Crippen molar-refractivity contribution in [1.82, 2.24) is 9.80 Å². The number of hydrogen-bond acceptors (Lipinski definition) is 3. The van der Waals surface area contributed by atoms with Crippen LogP contribution in [-0.4, -0.2) is 54.1 Å². The van der Waals surface area contributed by atoms with Gasteiger partial charge in [0, 0.05) is 24.2 Å². The van der Waals surface area contributed by atoms with Gasteiger partial charge in [0.15, 0.2) is 0 Å². The molecule has 0 amide bonds. The van der Waals surface area contributed by atoms with E-state index in [4.69, 9.17) is 5.73 Å². The van der Waals surface area contributed by atoms with Crippen LogP contribution in [0, 0.1) is 0 Å². The van der Waals surface area contributed by atoms with Crippen LogP contribution in [-0.2, 0) is 0 Å². The highest BCUT2D eigenvalue weighted by molar-refractivity contribution is 4.86. The molecule has 3 heteroatoms. The summed E-state index contributed by atoms with van der Waals surface area (Å²) in [5.74, 6) is 0. The van der Waals surface area contributed by atoms with Crippen molar-refractivity contribution < 1.29 is 0 Å². The first-order valence-electron chi connectivity index (χ1n) is 6.56. The van der Waals surface area contributed by atoms with Gasteiger partial charge in [-0.05, 0) is 53.8 Å². The third-order valence-electron chi connectivity index (χ3n) is 3.67. The minimum Gasteiger partial charge on any atom is -0.324 e. The van der Waals surface area contributed by atoms with Gasteiger partial charge in [-0.25, -0.2) is 0 Å². The molecule has 0 spiro atoms. The molecule has 0 aromatic rings. The molecule has 1 fully saturated rings. The molecular formula is C13H29N3. The van der Waals surface area contributed by atoms with Gasteiger partial charge in [0.1, 0.15) is 0 Å². The van der Waals surface area contributed by atoms with Crippen molar-refractivity contribution >= 4 is 0 Å². The molecule has 2 N–H and O–H groups in total. The Kier molecular flexibility index (Phi) is 4.77. The van der Waals surface area contributed by atoms with Crippen molar-refractivity contribution in [3.05, 3.63) is 0 Å². The zero-order chi connectivity index (χ0) is 12.3. The van der Waals surface area contributed by atoms with Crippen molar-refractivity contribution in [2.45, 2.75) is 58.2 Å². The summed E-state index contributed by atoms with van der Waals surface area (Å²) in [6.45, 7) is 12.2. The van der Waals surface area contributed by atoms with Gasteiger partial charge >= 0.3 is 0 Å². The minimum atomic E-state index is -0.0835. The van der Waals surface area contributed by atoms with Crippen LogP contribution in [0.15, 0.2) is 0 Å². The van der Waals surface area contributed by atoms with E-state index in [0.717, 1.165) is 6.54 Å². The van der Waals surface area contributed by atoms with E-state index in [2.05, 4.69) is 44.5 Å². The molecule has 1 aliphatic heterocycles. The number of likely N-dealkylation sites (tertiary alicyclic amines) is 1. The van der Waals surface area contributed by atoms with Crippen molar-refractivity contribution in [3.8, 4) is 0 Å². The Labute approximate surface area is 101 Å². The lowest BCUT2D eigenvalue weighted by atomic mass is 9.95. The Morgan fingerprint density at radius 1 is 1.44 bits per heavy atom. The average Bonchev–Trinajstić information content (AvgIpc) is 2.15. The summed E-state index contributed by atoms with van der Waals surface area (Å²) >= 11 is 0. The molecule has 0 aromatic heterocycles. The first-order chi connectivity index (χ1) is 7.33. The lowest BCUT2D eigenvalue weighted by Crippen LogP contribution is -2.52. The van der Waals surface area contributed by atoms with Crippen LogP contribution < -0.4 is 5.73 Å². The van der Waals surface area contributed by atoms with Crippen molar-refractivity contribution in [1.29, 1.82) is 0 Å². The summed E-state index contributed by atoms with van der Waals surface area (Å²) in [4.78, 5) is 5.02. The van der Waals surface area contributed by atoms with Crippen molar-refractivity contribution in [3.63, 3.8) is 0 Å². The summed E-state index contributed by atoms with van der Waals surface area (Å²) in [6.07, 6.45) is 2.56. The fourth-order valence-corrected chi connectivity index (χ4v) is 2.84. The fourth-order valence-electron chi connectivity index (χ4n) is 2.84. The van der Waals surface area contributed by atoms with Crippen LogP contribution in [0.2, 0.25) is 0 Å². The molecule has 0 radical (unpaired) electrons. The number of nitrogens with zero attached hydrogens (tertiary/aromatic N) is 2. The Morgan fingerprint density at radius 3 is 2.50 bits per heavy atom. The van der Waals surface area contributed by atoms with Crippen LogP contribution in [0.4, 0.5) is 0 Å². The van der Waals surface area contributed by atoms with Gasteiger partial charge in [0.05, 0.1) is 0 Å². The number of hydrogen-bond donors (Lipinski definition) is 1. The summed E-state index contributed by atoms with van der Waals surface area (Å²) < 4.78 is 0. The molecule has 0 aromatic carbocycles. The Hall–Kier alpha value is -0.120. The summed E-state index contributed by atoms with van der Waals surface area (Å²) in [7, 11) is 2.22. The third-order valence-corrected chi connectivity index (χ3v) is 3.67. The van der Waals surface area contributed by atoms with Gasteiger partial charge in [-0.3, -0.25) is 0 Å². The number of nitrogens with two attached hydrogens (primary N) is 1. The van der Waals surface area contributed by atoms with E-state index in [1.807, 2.05) is 0 Å². The van der Waals surface area contributed by atoms with E-state index in [-0.39, 0.29) is 5.54 Å². The summed E-state index contributed by atoms with van der Waals surface area (Å²) in [5, 5.41) is 0. The molecule has 1 heterocycles. The summed E-state index contributed by atoms with van der Waals surface area (Å²) in [6, 6.07) is 1.42. The van der Waals surface area contributed by atoms with E-state index in [9.17, 15) is 0 Å². The Bertz CT molecular complexity index is 210. The second-order valence-electron chi connectivity index (χ2n) is 6.06. The minimum absolute atomic E-state index is 0.0835. The van der Waals surface area contributed by atoms with E-state index in [1.165, 1.54) is 25.9 Å². The average molecular weight is 227 g/mol. The van der Waals surface area contributed by atoms with E-state index < -0.39 is 0 Å². The third kappa shape index (κ3) is 4.04. The SMILES string of the molecule is CCN1CCC(N(C)CC(C)(C)N)CC1C. The normalized spacial score (nSPS) is 28.7. The predicted octanol–water partition coefficient (Wildman–Crippen LogP) is 1.53. The molecular weight excluding hydrogens is 198 g/mol. The molecule has 0 aliphatic carbocycles. The van der Waals surface area contributed by atoms with E-state index in [1.54, 1.807) is 0 Å². The monoisotopic (exact) mass is 227 g/mol. The van der Waals surface area contributed by atoms with Gasteiger partial charge in [0.25, 0.3) is 0 Å². The lowest BCUT2D eigenvalue weighted by molar-refractivity contribution is 0.0807. The molecule has 0 saturated carbocycles. The Balaban J connectivity index is 2.45. The van der Waals surface area contributed by atoms with Crippen LogP contribution in [0.1, 0.15) is 40.5 Å². The molecule has 1 aliphatic rings. The molecule has 1 saturated heterocycles. The largest absolute Gasteiger partial charge is 0.324 e. The smallest absolute Gasteiger partial charge is 0.0226 e. The number of likely N-dealkylation sites (N-methyl/N-ethyl adjacent to an activating group) is 1. The summed E-state index contributed by atoms with van der Waals surface area (Å²) in [5.41, 5.74) is 6.00. The van der Waals surface area contributed by atoms with Crippen LogP contribution >= 0.6 is 0 Å². The van der Waals surface area contributed by atoms with Gasteiger partial charge in [-0.2, -0.15) is 0 Å². The highest BCUT2D eigenvalue weighted by Crippen LogP contribution is 2.21. The second-order valence-corrected chi connectivity index (χ2v) is 6.06. The van der Waals surface area contributed by atoms with Gasteiger partial charge in [-0.1, -0.05) is 6.92 Å². The number of piperidine rings is 1. The predicted molar refractivity (Wildman–Crippen MR) is 70.6 cm³/mol. The zero-order valence-corrected chi connectivity index (χ0v) is 11.7. The highest BCUT2D eigenvalue weighted by atomic mass is 15.2. The highest BCUT2D eigenvalue weighted by Gasteiger charge is 2.28. The molecule has 2 atom stereocenters. The van der Waals surface area contributed by atoms with Crippen LogP contribution in [0.5, 0.6) is 0 Å². The molecule has 16 heavy (non-hydrogen) atoms. The second kappa shape index (κ2) is 5.48. The zero-order valence-electron chi connectivity index (χ0n) is 11.7. The number of rotatable bonds is 4. The maximum atomic E-state index is 6.08. The molecule has 3 nitrogen and oxygen atoms in total. The maximum absolute atomic E-state index is 6.08. The Morgan fingerprint density at radius 2 is 2.06 bits per heavy atom. The molecule has 0 bridgehead atoms.